The largest absolute Gasteiger partial charge is 0.434 e. The van der Waals surface area contributed by atoms with Gasteiger partial charge in [-0.15, -0.1) is 0 Å². The molecule has 1 atom stereocenters. The van der Waals surface area contributed by atoms with Gasteiger partial charge in [0.25, 0.3) is 0 Å². The molecule has 0 aliphatic carbocycles. The Bertz CT molecular complexity index is 971. The van der Waals surface area contributed by atoms with Crippen LogP contribution in [0.15, 0.2) is 30.9 Å². The summed E-state index contributed by atoms with van der Waals surface area (Å²) in [5.41, 5.74) is -0.260. The zero-order chi connectivity index (χ0) is 19.7. The average Bonchev–Trinajstić information content (AvgIpc) is 3.11. The highest BCUT2D eigenvalue weighted by Crippen LogP contribution is 2.29. The molecule has 1 fully saturated rings. The first-order valence-electron chi connectivity index (χ1n) is 8.93. The molecule has 1 unspecified atom stereocenters. The monoisotopic (exact) mass is 408 g/mol. The lowest BCUT2D eigenvalue weighted by molar-refractivity contribution is -0.141. The third-order valence-electron chi connectivity index (χ3n) is 4.80. The van der Waals surface area contributed by atoms with Gasteiger partial charge in [-0.1, -0.05) is 0 Å². The molecule has 3 aromatic heterocycles. The lowest BCUT2D eigenvalue weighted by Gasteiger charge is -2.33. The van der Waals surface area contributed by atoms with Crippen molar-refractivity contribution >= 4 is 23.2 Å². The number of alkyl halides is 3. The maximum Gasteiger partial charge on any atom is 0.434 e. The Kier molecular flexibility index (Phi) is 5.13. The predicted molar refractivity (Wildman–Crippen MR) is 102 cm³/mol. The quantitative estimate of drug-likeness (QED) is 0.655. The van der Waals surface area contributed by atoms with Crippen LogP contribution in [-0.2, 0) is 6.18 Å². The Morgan fingerprint density at radius 1 is 1.21 bits per heavy atom. The molecular formula is C18H19F3N6S. The van der Waals surface area contributed by atoms with Gasteiger partial charge in [0.05, 0.1) is 12.4 Å². The van der Waals surface area contributed by atoms with Gasteiger partial charge in [-0.25, -0.2) is 19.9 Å². The van der Waals surface area contributed by atoms with Crippen LogP contribution in [0.2, 0.25) is 0 Å². The maximum atomic E-state index is 13.0. The van der Waals surface area contributed by atoms with E-state index in [9.17, 15) is 13.2 Å². The van der Waals surface area contributed by atoms with Crippen LogP contribution in [0.3, 0.4) is 0 Å². The minimum Gasteiger partial charge on any atom is -0.356 e. The molecule has 0 bridgehead atoms. The zero-order valence-corrected chi connectivity index (χ0v) is 16.0. The van der Waals surface area contributed by atoms with E-state index >= 15 is 0 Å². The number of fused-ring (bicyclic) bond motifs is 1. The molecule has 4 rings (SSSR count). The highest BCUT2D eigenvalue weighted by molar-refractivity contribution is 7.98. The van der Waals surface area contributed by atoms with Crippen LogP contribution in [0, 0.1) is 5.92 Å². The summed E-state index contributed by atoms with van der Waals surface area (Å²) in [6.07, 6.45) is 5.03. The smallest absolute Gasteiger partial charge is 0.356 e. The standard InChI is InChI=1S/C18H19F3N6S/c1-28-11-12-3-2-6-26(9-12)15-4-5-22-17(25-15)13-7-24-16-8-23-14(10-27(13)16)18(19,20)21/h4-5,7-8,10,12H,2-3,6,9,11H2,1H3. The summed E-state index contributed by atoms with van der Waals surface area (Å²) in [7, 11) is 0. The molecule has 6 nitrogen and oxygen atoms in total. The summed E-state index contributed by atoms with van der Waals surface area (Å²) in [6.45, 7) is 1.84. The number of rotatable bonds is 4. The molecule has 0 saturated carbocycles. The van der Waals surface area contributed by atoms with Crippen molar-refractivity contribution in [3.8, 4) is 11.5 Å². The van der Waals surface area contributed by atoms with Gasteiger partial charge in [-0.2, -0.15) is 24.9 Å². The molecule has 3 aromatic rings. The molecule has 0 aromatic carbocycles. The second kappa shape index (κ2) is 7.57. The average molecular weight is 408 g/mol. The van der Waals surface area contributed by atoms with Crippen LogP contribution in [-0.4, -0.2) is 49.4 Å². The summed E-state index contributed by atoms with van der Waals surface area (Å²) in [4.78, 5) is 18.7. The normalized spacial score (nSPS) is 18.0. The Balaban J connectivity index is 1.68. The van der Waals surface area contributed by atoms with E-state index in [1.54, 1.807) is 6.20 Å². The van der Waals surface area contributed by atoms with Gasteiger partial charge < -0.3 is 4.90 Å². The van der Waals surface area contributed by atoms with Crippen molar-refractivity contribution in [2.24, 2.45) is 5.92 Å². The predicted octanol–water partition coefficient (Wildman–Crippen LogP) is 3.78. The van der Waals surface area contributed by atoms with E-state index in [4.69, 9.17) is 0 Å². The first kappa shape index (κ1) is 19.0. The topological polar surface area (TPSA) is 59.2 Å². The fraction of sp³-hybridized carbons (Fsp3) is 0.444. The van der Waals surface area contributed by atoms with Gasteiger partial charge in [-0.3, -0.25) is 4.40 Å². The highest BCUT2D eigenvalue weighted by Gasteiger charge is 2.33. The van der Waals surface area contributed by atoms with E-state index in [1.165, 1.54) is 17.0 Å². The Hall–Kier alpha value is -2.36. The lowest BCUT2D eigenvalue weighted by Crippen LogP contribution is -2.36. The third-order valence-corrected chi connectivity index (χ3v) is 5.61. The number of aromatic nitrogens is 5. The lowest BCUT2D eigenvalue weighted by atomic mass is 10.0. The number of piperidine rings is 1. The van der Waals surface area contributed by atoms with Crippen molar-refractivity contribution < 1.29 is 13.2 Å². The van der Waals surface area contributed by atoms with E-state index < -0.39 is 11.9 Å². The second-order valence-electron chi connectivity index (χ2n) is 6.79. The molecule has 0 amide bonds. The first-order chi connectivity index (χ1) is 13.5. The van der Waals surface area contributed by atoms with Crippen molar-refractivity contribution in [3.63, 3.8) is 0 Å². The van der Waals surface area contributed by atoms with Crippen LogP contribution < -0.4 is 4.90 Å². The van der Waals surface area contributed by atoms with Gasteiger partial charge in [-0.05, 0) is 36.8 Å². The third kappa shape index (κ3) is 3.78. The van der Waals surface area contributed by atoms with Crippen molar-refractivity contribution in [1.29, 1.82) is 0 Å². The fourth-order valence-corrected chi connectivity index (χ4v) is 4.24. The van der Waals surface area contributed by atoms with Crippen molar-refractivity contribution in [1.82, 2.24) is 24.3 Å². The maximum absolute atomic E-state index is 13.0. The molecule has 148 valence electrons. The van der Waals surface area contributed by atoms with Gasteiger partial charge >= 0.3 is 6.18 Å². The molecule has 10 heteroatoms. The van der Waals surface area contributed by atoms with E-state index in [-0.39, 0.29) is 0 Å². The highest BCUT2D eigenvalue weighted by atomic mass is 32.2. The molecule has 1 saturated heterocycles. The number of imidazole rings is 1. The molecule has 0 radical (unpaired) electrons. The van der Waals surface area contributed by atoms with Crippen LogP contribution in [0.1, 0.15) is 18.5 Å². The van der Waals surface area contributed by atoms with Crippen molar-refractivity contribution in [2.45, 2.75) is 19.0 Å². The summed E-state index contributed by atoms with van der Waals surface area (Å²) < 4.78 is 40.4. The molecule has 0 N–H and O–H groups in total. The number of hydrogen-bond donors (Lipinski definition) is 0. The number of hydrogen-bond acceptors (Lipinski definition) is 6. The van der Waals surface area contributed by atoms with Crippen molar-refractivity contribution in [3.05, 3.63) is 36.5 Å². The molecule has 4 heterocycles. The summed E-state index contributed by atoms with van der Waals surface area (Å²) in [5, 5.41) is 0. The van der Waals surface area contributed by atoms with Gasteiger partial charge in [0, 0.05) is 25.5 Å². The molecular weight excluding hydrogens is 389 g/mol. The Labute approximate surface area is 164 Å². The van der Waals surface area contributed by atoms with Crippen LogP contribution in [0.5, 0.6) is 0 Å². The van der Waals surface area contributed by atoms with E-state index in [1.807, 2.05) is 17.8 Å². The van der Waals surface area contributed by atoms with Crippen LogP contribution >= 0.6 is 11.8 Å². The molecule has 28 heavy (non-hydrogen) atoms. The number of anilines is 1. The van der Waals surface area contributed by atoms with Gasteiger partial charge in [0.1, 0.15) is 11.5 Å². The minimum atomic E-state index is -4.53. The number of thioether (sulfide) groups is 1. The van der Waals surface area contributed by atoms with Gasteiger partial charge in [0.2, 0.25) is 0 Å². The van der Waals surface area contributed by atoms with E-state index in [0.29, 0.717) is 23.1 Å². The van der Waals surface area contributed by atoms with E-state index in [0.717, 1.165) is 43.5 Å². The summed E-state index contributed by atoms with van der Waals surface area (Å²) in [6, 6.07) is 1.84. The second-order valence-corrected chi connectivity index (χ2v) is 7.70. The SMILES string of the molecule is CSCC1CCCN(c2ccnc(-c3cnc4cnc(C(F)(F)F)cn34)n2)C1. The fourth-order valence-electron chi connectivity index (χ4n) is 3.49. The van der Waals surface area contributed by atoms with E-state index in [2.05, 4.69) is 31.1 Å². The van der Waals surface area contributed by atoms with Crippen molar-refractivity contribution in [2.75, 3.05) is 30.0 Å². The Morgan fingerprint density at radius 2 is 2.07 bits per heavy atom. The summed E-state index contributed by atoms with van der Waals surface area (Å²) >= 11 is 1.84. The van der Waals surface area contributed by atoms with Crippen LogP contribution in [0.4, 0.5) is 19.0 Å². The Morgan fingerprint density at radius 3 is 2.86 bits per heavy atom. The number of halogens is 3. The first-order valence-corrected chi connectivity index (χ1v) is 10.3. The van der Waals surface area contributed by atoms with Crippen LogP contribution in [0.25, 0.3) is 17.2 Å². The minimum absolute atomic E-state index is 0.315. The molecule has 1 aliphatic heterocycles. The molecule has 1 aliphatic rings. The van der Waals surface area contributed by atoms with Gasteiger partial charge in [0.15, 0.2) is 17.2 Å². The molecule has 0 spiro atoms. The zero-order valence-electron chi connectivity index (χ0n) is 15.2. The summed E-state index contributed by atoms with van der Waals surface area (Å²) in [5.74, 6) is 2.85. The number of nitrogens with zero attached hydrogens (tertiary/aromatic N) is 6.